The van der Waals surface area contributed by atoms with E-state index >= 15 is 0 Å². The molecule has 0 radical (unpaired) electrons. The van der Waals surface area contributed by atoms with Crippen LogP contribution in [0.25, 0.3) is 54.6 Å². The lowest BCUT2D eigenvalue weighted by Gasteiger charge is -2.33. The molecule has 11 aromatic rings. The van der Waals surface area contributed by atoms with Gasteiger partial charge in [-0.25, -0.2) is 0 Å². The Kier molecular flexibility index (Phi) is 10.5. The van der Waals surface area contributed by atoms with E-state index in [9.17, 15) is 10.5 Å². The van der Waals surface area contributed by atoms with Gasteiger partial charge in [0, 0.05) is 34.1 Å². The normalized spacial score (nSPS) is 13.0. The summed E-state index contributed by atoms with van der Waals surface area (Å²) in [6, 6.07) is 85.1. The average molecular weight is 995 g/mol. The summed E-state index contributed by atoms with van der Waals surface area (Å²) in [5, 5.41) is 30.1. The van der Waals surface area contributed by atoms with Crippen LogP contribution in [0, 0.1) is 22.7 Å². The summed E-state index contributed by atoms with van der Waals surface area (Å²) < 4.78 is 0. The van der Waals surface area contributed by atoms with Gasteiger partial charge in [-0.2, -0.15) is 10.5 Å². The van der Waals surface area contributed by atoms with Crippen molar-refractivity contribution in [1.29, 1.82) is 10.5 Å². The first-order chi connectivity index (χ1) is 36.3. The van der Waals surface area contributed by atoms with E-state index in [1.165, 1.54) is 87.2 Å². The molecule has 1 spiro atoms. The third-order valence-electron chi connectivity index (χ3n) is 16.0. The van der Waals surface area contributed by atoms with Gasteiger partial charge in [-0.15, -0.1) is 0 Å². The molecule has 0 aromatic heterocycles. The van der Waals surface area contributed by atoms with Crippen molar-refractivity contribution in [2.45, 2.75) is 44.7 Å². The Balaban J connectivity index is 1.12. The van der Waals surface area contributed by atoms with E-state index in [0.29, 0.717) is 11.1 Å². The average Bonchev–Trinajstić information content (AvgIpc) is 3.90. The second-order valence-electron chi connectivity index (χ2n) is 22.4. The lowest BCUT2D eigenvalue weighted by atomic mass is 9.70. The number of rotatable bonds is 8. The molecule has 0 atom stereocenters. The van der Waals surface area contributed by atoms with Gasteiger partial charge in [0.1, 0.15) is 0 Å². The maximum atomic E-state index is 9.93. The second-order valence-corrected chi connectivity index (χ2v) is 32.5. The molecule has 2 aliphatic carbocycles. The molecule has 0 bridgehead atoms. The predicted molar refractivity (Wildman–Crippen MR) is 320 cm³/mol. The quantitative estimate of drug-likeness (QED) is 0.112. The number of fused-ring (bicyclic) bond motifs is 16. The Morgan fingerprint density at radius 1 is 0.307 bits per heavy atom. The molecule has 0 N–H and O–H groups in total. The molecule has 2 aliphatic rings. The highest BCUT2D eigenvalue weighted by Crippen LogP contribution is 2.65. The summed E-state index contributed by atoms with van der Waals surface area (Å²) in [6.07, 6.45) is 0. The van der Waals surface area contributed by atoms with Crippen LogP contribution in [0.1, 0.15) is 33.4 Å². The van der Waals surface area contributed by atoms with Crippen LogP contribution < -0.4 is 20.2 Å². The standard InChI is InChI=1S/C69H54N4Si2/c1-74(2,3)53-33-27-49(28-34-53)72(47-23-19-45(43-70)20-24-47)51-31-37-60-61-38-32-52(73(48-25-21-46(44-71)22-26-48)50-29-35-54(36-30-50)75(4,5)6)40-67(61)69(66(60)39-51)65-18-12-11-17-59(65)64-41-62-57-15-9-7-13-55(57)56-14-8-10-16-58(56)63(62)42-68(64)69/h7-42H,1-6H3. The molecule has 0 amide bonds. The van der Waals surface area contributed by atoms with E-state index in [-0.39, 0.29) is 0 Å². The SMILES string of the molecule is C[Si](C)(C)c1ccc(N(c2ccc(C#N)cc2)c2ccc3c(c2)C2(c4ccccc4-c4cc5c6ccccc6c6ccccc6c5cc42)c2cc(N(c4ccc(C#N)cc4)c4ccc([Si](C)(C)C)cc4)ccc2-3)cc1. The first-order valence-corrected chi connectivity index (χ1v) is 32.9. The highest BCUT2D eigenvalue weighted by atomic mass is 28.3. The first-order valence-electron chi connectivity index (χ1n) is 25.9. The Morgan fingerprint density at radius 3 is 1.05 bits per heavy atom. The number of anilines is 6. The molecule has 0 aliphatic heterocycles. The molecule has 358 valence electrons. The molecule has 11 aromatic carbocycles. The predicted octanol–water partition coefficient (Wildman–Crippen LogP) is 17.3. The maximum absolute atomic E-state index is 9.93. The summed E-state index contributed by atoms with van der Waals surface area (Å²) in [7, 11) is -3.19. The second kappa shape index (κ2) is 17.2. The third-order valence-corrected chi connectivity index (χ3v) is 20.2. The minimum atomic E-state index is -1.59. The van der Waals surface area contributed by atoms with Crippen LogP contribution in [0.2, 0.25) is 39.3 Å². The third kappa shape index (κ3) is 7.20. The molecule has 6 heteroatoms. The largest absolute Gasteiger partial charge is 0.310 e. The fraction of sp³-hybridized carbons (Fsp3) is 0.101. The minimum Gasteiger partial charge on any atom is -0.310 e. The van der Waals surface area contributed by atoms with Gasteiger partial charge in [0.15, 0.2) is 0 Å². The van der Waals surface area contributed by atoms with Gasteiger partial charge in [-0.1, -0.05) is 159 Å². The van der Waals surface area contributed by atoms with Crippen LogP contribution in [0.15, 0.2) is 218 Å². The van der Waals surface area contributed by atoms with E-state index in [4.69, 9.17) is 0 Å². The highest BCUT2D eigenvalue weighted by molar-refractivity contribution is 6.89. The molecule has 0 saturated carbocycles. The van der Waals surface area contributed by atoms with E-state index in [1.54, 1.807) is 0 Å². The van der Waals surface area contributed by atoms with Crippen molar-refractivity contribution in [2.75, 3.05) is 9.80 Å². The van der Waals surface area contributed by atoms with Crippen LogP contribution >= 0.6 is 0 Å². The van der Waals surface area contributed by atoms with Crippen LogP contribution in [0.3, 0.4) is 0 Å². The number of nitrogens with zero attached hydrogens (tertiary/aromatic N) is 4. The number of nitriles is 2. The van der Waals surface area contributed by atoms with Crippen LogP contribution in [-0.2, 0) is 5.41 Å². The zero-order valence-electron chi connectivity index (χ0n) is 43.1. The van der Waals surface area contributed by atoms with Crippen molar-refractivity contribution in [3.8, 4) is 34.4 Å². The summed E-state index contributed by atoms with van der Waals surface area (Å²) in [6.45, 7) is 14.4. The van der Waals surface area contributed by atoms with Crippen LogP contribution in [-0.4, -0.2) is 16.1 Å². The molecule has 0 fully saturated rings. The van der Waals surface area contributed by atoms with Gasteiger partial charge in [-0.3, -0.25) is 0 Å². The molecular weight excluding hydrogens is 941 g/mol. The van der Waals surface area contributed by atoms with Crippen molar-refractivity contribution in [3.63, 3.8) is 0 Å². The molecule has 13 rings (SSSR count). The van der Waals surface area contributed by atoms with Crippen molar-refractivity contribution in [1.82, 2.24) is 0 Å². The molecule has 0 saturated heterocycles. The van der Waals surface area contributed by atoms with Crippen LogP contribution in [0.5, 0.6) is 0 Å². The van der Waals surface area contributed by atoms with Gasteiger partial charge in [0.25, 0.3) is 0 Å². The first kappa shape index (κ1) is 46.0. The maximum Gasteiger partial charge on any atom is 0.0991 e. The highest BCUT2D eigenvalue weighted by Gasteiger charge is 2.52. The lowest BCUT2D eigenvalue weighted by Crippen LogP contribution is -2.37. The van der Waals surface area contributed by atoms with Crippen molar-refractivity contribution >= 4 is 93.0 Å². The summed E-state index contributed by atoms with van der Waals surface area (Å²) >= 11 is 0. The van der Waals surface area contributed by atoms with Gasteiger partial charge in [0.2, 0.25) is 0 Å². The van der Waals surface area contributed by atoms with Gasteiger partial charge < -0.3 is 9.80 Å². The summed E-state index contributed by atoms with van der Waals surface area (Å²) in [5.74, 6) is 0. The summed E-state index contributed by atoms with van der Waals surface area (Å²) in [5.41, 5.74) is 16.5. The van der Waals surface area contributed by atoms with Gasteiger partial charge >= 0.3 is 0 Å². The van der Waals surface area contributed by atoms with Gasteiger partial charge in [0.05, 0.1) is 44.8 Å². The Bertz CT molecular complexity index is 4040. The van der Waals surface area contributed by atoms with E-state index in [2.05, 4.69) is 255 Å². The Morgan fingerprint density at radius 2 is 0.640 bits per heavy atom. The van der Waals surface area contributed by atoms with Crippen molar-refractivity contribution in [3.05, 3.63) is 252 Å². The molecule has 75 heavy (non-hydrogen) atoms. The smallest absolute Gasteiger partial charge is 0.0991 e. The monoisotopic (exact) mass is 994 g/mol. The van der Waals surface area contributed by atoms with Crippen LogP contribution in [0.4, 0.5) is 34.1 Å². The molecule has 0 heterocycles. The Hall–Kier alpha value is -8.79. The van der Waals surface area contributed by atoms with Crippen molar-refractivity contribution < 1.29 is 0 Å². The number of hydrogen-bond acceptors (Lipinski definition) is 4. The topological polar surface area (TPSA) is 54.1 Å². The van der Waals surface area contributed by atoms with Crippen molar-refractivity contribution in [2.24, 2.45) is 0 Å². The number of hydrogen-bond donors (Lipinski definition) is 0. The molecular formula is C69H54N4Si2. The fourth-order valence-corrected chi connectivity index (χ4v) is 14.7. The van der Waals surface area contributed by atoms with E-state index in [0.717, 1.165) is 34.1 Å². The zero-order chi connectivity index (χ0) is 51.4. The minimum absolute atomic E-state index is 0.626. The zero-order valence-corrected chi connectivity index (χ0v) is 45.1. The fourth-order valence-electron chi connectivity index (χ4n) is 12.3. The number of benzene rings is 11. The van der Waals surface area contributed by atoms with Gasteiger partial charge in [-0.05, 0) is 186 Å². The molecule has 0 unspecified atom stereocenters. The Labute approximate surface area is 441 Å². The molecule has 4 nitrogen and oxygen atoms in total. The van der Waals surface area contributed by atoms with E-state index < -0.39 is 21.6 Å². The lowest BCUT2D eigenvalue weighted by molar-refractivity contribution is 0.795. The van der Waals surface area contributed by atoms with E-state index in [1.807, 2.05) is 24.3 Å². The summed E-state index contributed by atoms with van der Waals surface area (Å²) in [4.78, 5) is 4.71.